The summed E-state index contributed by atoms with van der Waals surface area (Å²) in [6.45, 7) is 2.06. The van der Waals surface area contributed by atoms with Crippen LogP contribution in [0.3, 0.4) is 0 Å². The number of hydrogen-bond donors (Lipinski definition) is 1. The van der Waals surface area contributed by atoms with Gasteiger partial charge in [0.1, 0.15) is 10.8 Å². The number of halogens is 1. The quantitative estimate of drug-likeness (QED) is 0.873. The van der Waals surface area contributed by atoms with Gasteiger partial charge in [-0.15, -0.1) is 0 Å². The molecule has 1 unspecified atom stereocenters. The molecule has 1 heterocycles. The van der Waals surface area contributed by atoms with E-state index in [0.717, 1.165) is 10.8 Å². The van der Waals surface area contributed by atoms with Crippen molar-refractivity contribution in [3.63, 3.8) is 0 Å². The second-order valence-corrected chi connectivity index (χ2v) is 5.83. The predicted octanol–water partition coefficient (Wildman–Crippen LogP) is 3.81. The number of benzene rings is 1. The normalized spacial score (nSPS) is 16.7. The molecule has 104 valence electrons. The van der Waals surface area contributed by atoms with Gasteiger partial charge in [-0.05, 0) is 37.1 Å². The Labute approximate surface area is 123 Å². The number of amides is 1. The second-order valence-electron chi connectivity index (χ2n) is 5.47. The zero-order chi connectivity index (χ0) is 14.1. The van der Waals surface area contributed by atoms with Crippen LogP contribution in [0.5, 0.6) is 0 Å². The van der Waals surface area contributed by atoms with Gasteiger partial charge in [0, 0.05) is 11.4 Å². The lowest BCUT2D eigenvalue weighted by atomic mass is 9.80. The molecule has 1 aromatic carbocycles. The molecule has 1 aliphatic rings. The molecule has 20 heavy (non-hydrogen) atoms. The number of carbonyl (C=O) groups is 1. The Morgan fingerprint density at radius 3 is 2.85 bits per heavy atom. The van der Waals surface area contributed by atoms with E-state index in [2.05, 4.69) is 17.2 Å². The summed E-state index contributed by atoms with van der Waals surface area (Å²) in [6, 6.07) is 9.68. The molecule has 2 aromatic rings. The van der Waals surface area contributed by atoms with Crippen LogP contribution in [-0.4, -0.2) is 16.9 Å². The summed E-state index contributed by atoms with van der Waals surface area (Å²) in [5.74, 6) is 0.465. The van der Waals surface area contributed by atoms with Crippen molar-refractivity contribution in [3.05, 3.63) is 41.2 Å². The van der Waals surface area contributed by atoms with Crippen molar-refractivity contribution >= 4 is 28.3 Å². The fourth-order valence-corrected chi connectivity index (χ4v) is 2.87. The molecule has 3 rings (SSSR count). The van der Waals surface area contributed by atoms with Crippen LogP contribution in [0.2, 0.25) is 5.15 Å². The van der Waals surface area contributed by atoms with E-state index in [-0.39, 0.29) is 11.9 Å². The fraction of sp³-hybridized carbons (Fsp3) is 0.375. The van der Waals surface area contributed by atoms with E-state index in [1.54, 1.807) is 6.07 Å². The first kappa shape index (κ1) is 13.4. The summed E-state index contributed by atoms with van der Waals surface area (Å²) in [5, 5.41) is 5.22. The van der Waals surface area contributed by atoms with E-state index in [1.807, 2.05) is 24.3 Å². The van der Waals surface area contributed by atoms with Crippen molar-refractivity contribution in [1.29, 1.82) is 0 Å². The summed E-state index contributed by atoms with van der Waals surface area (Å²) in [6.07, 6.45) is 3.67. The SMILES string of the molecule is CC(NC(=O)c1cc2ccccc2c(Cl)n1)C1CCC1. The number of pyridine rings is 1. The fourth-order valence-electron chi connectivity index (χ4n) is 2.61. The van der Waals surface area contributed by atoms with Crippen LogP contribution in [0.25, 0.3) is 10.8 Å². The molecule has 1 saturated carbocycles. The minimum Gasteiger partial charge on any atom is -0.348 e. The Hall–Kier alpha value is -1.61. The van der Waals surface area contributed by atoms with Gasteiger partial charge in [0.05, 0.1) is 0 Å². The van der Waals surface area contributed by atoms with Gasteiger partial charge in [-0.1, -0.05) is 42.3 Å². The Balaban J connectivity index is 1.84. The van der Waals surface area contributed by atoms with Crippen LogP contribution >= 0.6 is 11.6 Å². The van der Waals surface area contributed by atoms with Crippen molar-refractivity contribution in [2.75, 3.05) is 0 Å². The standard InChI is InChI=1S/C16H17ClN2O/c1-10(11-6-4-7-11)18-16(20)14-9-12-5-2-3-8-13(12)15(17)19-14/h2-3,5,8-11H,4,6-7H2,1H3,(H,18,20). The molecule has 0 radical (unpaired) electrons. The molecule has 0 aliphatic heterocycles. The maximum absolute atomic E-state index is 12.3. The molecule has 1 amide bonds. The molecular formula is C16H17ClN2O. The van der Waals surface area contributed by atoms with Crippen LogP contribution in [-0.2, 0) is 0 Å². The summed E-state index contributed by atoms with van der Waals surface area (Å²) in [4.78, 5) is 16.5. The summed E-state index contributed by atoms with van der Waals surface area (Å²) < 4.78 is 0. The van der Waals surface area contributed by atoms with Crippen LogP contribution in [0.1, 0.15) is 36.7 Å². The number of carbonyl (C=O) groups excluding carboxylic acids is 1. The van der Waals surface area contributed by atoms with Gasteiger partial charge in [0.15, 0.2) is 0 Å². The van der Waals surface area contributed by atoms with Gasteiger partial charge < -0.3 is 5.32 Å². The maximum Gasteiger partial charge on any atom is 0.270 e. The Bertz CT molecular complexity index is 652. The highest BCUT2D eigenvalue weighted by Gasteiger charge is 2.25. The molecule has 1 atom stereocenters. The highest BCUT2D eigenvalue weighted by Crippen LogP contribution is 2.29. The number of fused-ring (bicyclic) bond motifs is 1. The topological polar surface area (TPSA) is 42.0 Å². The molecule has 1 fully saturated rings. The highest BCUT2D eigenvalue weighted by atomic mass is 35.5. The van der Waals surface area contributed by atoms with E-state index in [0.29, 0.717) is 16.8 Å². The lowest BCUT2D eigenvalue weighted by Gasteiger charge is -2.31. The largest absolute Gasteiger partial charge is 0.348 e. The van der Waals surface area contributed by atoms with Gasteiger partial charge in [-0.2, -0.15) is 0 Å². The Morgan fingerprint density at radius 2 is 2.15 bits per heavy atom. The monoisotopic (exact) mass is 288 g/mol. The van der Waals surface area contributed by atoms with Crippen molar-refractivity contribution in [2.45, 2.75) is 32.2 Å². The molecule has 0 spiro atoms. The average Bonchev–Trinajstić information content (AvgIpc) is 2.36. The number of hydrogen-bond acceptors (Lipinski definition) is 2. The van der Waals surface area contributed by atoms with Crippen molar-refractivity contribution in [2.24, 2.45) is 5.92 Å². The van der Waals surface area contributed by atoms with Crippen LogP contribution in [0, 0.1) is 5.92 Å². The van der Waals surface area contributed by atoms with E-state index in [9.17, 15) is 4.79 Å². The zero-order valence-corrected chi connectivity index (χ0v) is 12.2. The molecular weight excluding hydrogens is 272 g/mol. The molecule has 1 aromatic heterocycles. The number of rotatable bonds is 3. The van der Waals surface area contributed by atoms with Gasteiger partial charge >= 0.3 is 0 Å². The van der Waals surface area contributed by atoms with Crippen molar-refractivity contribution in [3.8, 4) is 0 Å². The van der Waals surface area contributed by atoms with E-state index < -0.39 is 0 Å². The Morgan fingerprint density at radius 1 is 1.40 bits per heavy atom. The van der Waals surface area contributed by atoms with Gasteiger partial charge in [0.2, 0.25) is 0 Å². The van der Waals surface area contributed by atoms with E-state index in [1.165, 1.54) is 19.3 Å². The van der Waals surface area contributed by atoms with Gasteiger partial charge in [-0.3, -0.25) is 4.79 Å². The molecule has 4 heteroatoms. The van der Waals surface area contributed by atoms with Crippen LogP contribution in [0.15, 0.2) is 30.3 Å². The summed E-state index contributed by atoms with van der Waals surface area (Å²) in [5.41, 5.74) is 0.389. The number of aromatic nitrogens is 1. The lowest BCUT2D eigenvalue weighted by Crippen LogP contribution is -2.41. The lowest BCUT2D eigenvalue weighted by molar-refractivity contribution is 0.0904. The van der Waals surface area contributed by atoms with Gasteiger partial charge in [-0.25, -0.2) is 4.98 Å². The Kier molecular flexibility index (Phi) is 3.62. The van der Waals surface area contributed by atoms with Crippen molar-refractivity contribution in [1.82, 2.24) is 10.3 Å². The first-order valence-electron chi connectivity index (χ1n) is 7.01. The number of nitrogens with zero attached hydrogens (tertiary/aromatic N) is 1. The average molecular weight is 289 g/mol. The van der Waals surface area contributed by atoms with Crippen molar-refractivity contribution < 1.29 is 4.79 Å². The zero-order valence-electron chi connectivity index (χ0n) is 11.4. The third-order valence-corrected chi connectivity index (χ3v) is 4.43. The smallest absolute Gasteiger partial charge is 0.270 e. The first-order valence-corrected chi connectivity index (χ1v) is 7.39. The summed E-state index contributed by atoms with van der Waals surface area (Å²) >= 11 is 6.15. The minimum atomic E-state index is -0.142. The van der Waals surface area contributed by atoms with E-state index in [4.69, 9.17) is 11.6 Å². The molecule has 0 saturated heterocycles. The van der Waals surface area contributed by atoms with E-state index >= 15 is 0 Å². The maximum atomic E-state index is 12.3. The van der Waals surface area contributed by atoms with Crippen LogP contribution < -0.4 is 5.32 Å². The number of nitrogens with one attached hydrogen (secondary N) is 1. The highest BCUT2D eigenvalue weighted by molar-refractivity contribution is 6.34. The third-order valence-electron chi connectivity index (χ3n) is 4.14. The first-order chi connectivity index (χ1) is 9.65. The molecule has 0 bridgehead atoms. The van der Waals surface area contributed by atoms with Gasteiger partial charge in [0.25, 0.3) is 5.91 Å². The third kappa shape index (κ3) is 2.50. The summed E-state index contributed by atoms with van der Waals surface area (Å²) in [7, 11) is 0. The molecule has 3 nitrogen and oxygen atoms in total. The predicted molar refractivity (Wildman–Crippen MR) is 81.0 cm³/mol. The molecule has 1 N–H and O–H groups in total. The van der Waals surface area contributed by atoms with Crippen LogP contribution in [0.4, 0.5) is 0 Å². The molecule has 1 aliphatic carbocycles. The minimum absolute atomic E-state index is 0.142. The second kappa shape index (κ2) is 5.41.